The van der Waals surface area contributed by atoms with E-state index in [4.69, 9.17) is 0 Å². The van der Waals surface area contributed by atoms with Crippen molar-refractivity contribution < 1.29 is 0 Å². The van der Waals surface area contributed by atoms with Gasteiger partial charge in [0.15, 0.2) is 0 Å². The van der Waals surface area contributed by atoms with E-state index in [1.165, 1.54) is 12.8 Å². The van der Waals surface area contributed by atoms with Crippen LogP contribution in [0.4, 0.5) is 5.69 Å². The Bertz CT molecular complexity index is 668. The van der Waals surface area contributed by atoms with E-state index >= 15 is 0 Å². The minimum atomic E-state index is 0.740. The van der Waals surface area contributed by atoms with Gasteiger partial charge in [0.05, 0.1) is 11.6 Å². The van der Waals surface area contributed by atoms with E-state index in [2.05, 4.69) is 29.3 Å². The van der Waals surface area contributed by atoms with Gasteiger partial charge in [0.1, 0.15) is 0 Å². The van der Waals surface area contributed by atoms with E-state index in [0.717, 1.165) is 47.7 Å². The number of hydrogen-bond donors (Lipinski definition) is 1. The van der Waals surface area contributed by atoms with E-state index < -0.39 is 0 Å². The summed E-state index contributed by atoms with van der Waals surface area (Å²) in [7, 11) is 0. The molecule has 1 saturated carbocycles. The molecule has 0 radical (unpaired) electrons. The summed E-state index contributed by atoms with van der Waals surface area (Å²) in [5, 5.41) is 14.9. The van der Waals surface area contributed by atoms with Crippen molar-refractivity contribution in [3.63, 3.8) is 0 Å². The summed E-state index contributed by atoms with van der Waals surface area (Å²) in [5.41, 5.74) is 1.86. The van der Waals surface area contributed by atoms with Crippen molar-refractivity contribution in [2.45, 2.75) is 25.8 Å². The second-order valence-corrected chi connectivity index (χ2v) is 5.60. The fourth-order valence-corrected chi connectivity index (χ4v) is 2.92. The van der Waals surface area contributed by atoms with Gasteiger partial charge in [0.25, 0.3) is 0 Å². The highest BCUT2D eigenvalue weighted by molar-refractivity contribution is 5.97. The highest BCUT2D eigenvalue weighted by Gasteiger charge is 2.27. The summed E-state index contributed by atoms with van der Waals surface area (Å²) in [4.78, 5) is 2.54. The van der Waals surface area contributed by atoms with Crippen molar-refractivity contribution >= 4 is 16.5 Å². The predicted molar refractivity (Wildman–Crippen MR) is 87.4 cm³/mol. The molecule has 2 aromatic rings. The summed E-state index contributed by atoms with van der Waals surface area (Å²) in [5.74, 6) is 0. The molecule has 1 fully saturated rings. The van der Waals surface area contributed by atoms with Gasteiger partial charge in [-0.25, -0.2) is 0 Å². The molecule has 1 aliphatic rings. The van der Waals surface area contributed by atoms with E-state index in [-0.39, 0.29) is 0 Å². The Morgan fingerprint density at radius 2 is 1.95 bits per heavy atom. The molecule has 3 nitrogen and oxygen atoms in total. The number of anilines is 1. The molecule has 0 atom stereocenters. The summed E-state index contributed by atoms with van der Waals surface area (Å²) >= 11 is 0. The number of hydrogen-bond acceptors (Lipinski definition) is 3. The third-order valence-electron chi connectivity index (χ3n) is 4.23. The Hall–Kier alpha value is -2.05. The third-order valence-corrected chi connectivity index (χ3v) is 4.23. The first-order valence-corrected chi connectivity index (χ1v) is 7.73. The SMILES string of the molecule is CCN(CCNc1ccc(C#N)c2ccccc12)C1CC1. The Morgan fingerprint density at radius 1 is 1.19 bits per heavy atom. The van der Waals surface area contributed by atoms with E-state index in [1.807, 2.05) is 30.3 Å². The molecule has 1 aliphatic carbocycles. The van der Waals surface area contributed by atoms with Crippen LogP contribution in [-0.4, -0.2) is 30.6 Å². The van der Waals surface area contributed by atoms with Crippen LogP contribution < -0.4 is 5.32 Å². The zero-order valence-electron chi connectivity index (χ0n) is 12.5. The molecule has 0 bridgehead atoms. The number of rotatable bonds is 6. The maximum absolute atomic E-state index is 9.20. The molecule has 2 aromatic carbocycles. The highest BCUT2D eigenvalue weighted by Crippen LogP contribution is 2.27. The number of fused-ring (bicyclic) bond motifs is 1. The maximum atomic E-state index is 9.20. The second-order valence-electron chi connectivity index (χ2n) is 5.60. The lowest BCUT2D eigenvalue weighted by molar-refractivity contribution is 0.289. The normalized spacial score (nSPS) is 14.3. The van der Waals surface area contributed by atoms with E-state index in [0.29, 0.717) is 0 Å². The van der Waals surface area contributed by atoms with Gasteiger partial charge < -0.3 is 5.32 Å². The molecule has 3 heteroatoms. The van der Waals surface area contributed by atoms with Gasteiger partial charge in [-0.1, -0.05) is 31.2 Å². The Labute approximate surface area is 126 Å². The summed E-state index contributed by atoms with van der Waals surface area (Å²) < 4.78 is 0. The first-order valence-electron chi connectivity index (χ1n) is 7.73. The molecule has 1 N–H and O–H groups in total. The minimum Gasteiger partial charge on any atom is -0.383 e. The van der Waals surface area contributed by atoms with E-state index in [1.54, 1.807) is 0 Å². The largest absolute Gasteiger partial charge is 0.383 e. The van der Waals surface area contributed by atoms with Crippen molar-refractivity contribution in [1.82, 2.24) is 4.90 Å². The van der Waals surface area contributed by atoms with E-state index in [9.17, 15) is 5.26 Å². The third kappa shape index (κ3) is 3.01. The van der Waals surface area contributed by atoms with Crippen molar-refractivity contribution in [3.8, 4) is 6.07 Å². The molecule has 0 saturated heterocycles. The van der Waals surface area contributed by atoms with Gasteiger partial charge in [0, 0.05) is 35.6 Å². The Morgan fingerprint density at radius 3 is 2.62 bits per heavy atom. The second kappa shape index (κ2) is 6.15. The average Bonchev–Trinajstić information content (AvgIpc) is 3.36. The Kier molecular flexibility index (Phi) is 4.08. The van der Waals surface area contributed by atoms with Crippen LogP contribution in [0.1, 0.15) is 25.3 Å². The number of nitriles is 1. The van der Waals surface area contributed by atoms with Crippen molar-refractivity contribution in [2.24, 2.45) is 0 Å². The zero-order valence-corrected chi connectivity index (χ0v) is 12.5. The number of likely N-dealkylation sites (N-methyl/N-ethyl adjacent to an activating group) is 1. The van der Waals surface area contributed by atoms with Gasteiger partial charge >= 0.3 is 0 Å². The maximum Gasteiger partial charge on any atom is 0.0998 e. The van der Waals surface area contributed by atoms with Crippen molar-refractivity contribution in [3.05, 3.63) is 42.0 Å². The van der Waals surface area contributed by atoms with Gasteiger partial charge in [0.2, 0.25) is 0 Å². The predicted octanol–water partition coefficient (Wildman–Crippen LogP) is 3.61. The number of benzene rings is 2. The highest BCUT2D eigenvalue weighted by atomic mass is 15.2. The lowest BCUT2D eigenvalue weighted by atomic mass is 10.0. The van der Waals surface area contributed by atoms with Crippen LogP contribution >= 0.6 is 0 Å². The standard InChI is InChI=1S/C18H21N3/c1-2-21(15-8-9-15)12-11-20-18-10-7-14(13-19)16-5-3-4-6-17(16)18/h3-7,10,15,20H,2,8-9,11-12H2,1H3. The first-order chi connectivity index (χ1) is 10.3. The number of nitrogens with zero attached hydrogens (tertiary/aromatic N) is 2. The molecular weight excluding hydrogens is 258 g/mol. The Balaban J connectivity index is 1.74. The monoisotopic (exact) mass is 279 g/mol. The lowest BCUT2D eigenvalue weighted by Gasteiger charge is -2.20. The van der Waals surface area contributed by atoms with Crippen LogP contribution in [0, 0.1) is 11.3 Å². The molecule has 0 unspecified atom stereocenters. The van der Waals surface area contributed by atoms with Crippen LogP contribution in [-0.2, 0) is 0 Å². The smallest absolute Gasteiger partial charge is 0.0998 e. The van der Waals surface area contributed by atoms with Crippen LogP contribution in [0.2, 0.25) is 0 Å². The minimum absolute atomic E-state index is 0.740. The van der Waals surface area contributed by atoms with Gasteiger partial charge in [-0.05, 0) is 31.5 Å². The fourth-order valence-electron chi connectivity index (χ4n) is 2.92. The summed E-state index contributed by atoms with van der Waals surface area (Å²) in [6.07, 6.45) is 2.71. The van der Waals surface area contributed by atoms with Crippen molar-refractivity contribution in [1.29, 1.82) is 5.26 Å². The molecule has 0 aromatic heterocycles. The van der Waals surface area contributed by atoms with Crippen LogP contribution in [0.25, 0.3) is 10.8 Å². The van der Waals surface area contributed by atoms with Crippen LogP contribution in [0.3, 0.4) is 0 Å². The quantitative estimate of drug-likeness (QED) is 0.878. The summed E-state index contributed by atoms with van der Waals surface area (Å²) in [6.45, 7) is 5.38. The molecule has 0 aliphatic heterocycles. The van der Waals surface area contributed by atoms with Gasteiger partial charge in [-0.15, -0.1) is 0 Å². The lowest BCUT2D eigenvalue weighted by Crippen LogP contribution is -2.30. The number of nitrogens with one attached hydrogen (secondary N) is 1. The molecule has 0 amide bonds. The molecule has 3 rings (SSSR count). The summed E-state index contributed by atoms with van der Waals surface area (Å²) in [6, 6.07) is 15.1. The van der Waals surface area contributed by atoms with Crippen LogP contribution in [0.5, 0.6) is 0 Å². The van der Waals surface area contributed by atoms with Crippen molar-refractivity contribution in [2.75, 3.05) is 25.0 Å². The molecule has 0 heterocycles. The molecule has 21 heavy (non-hydrogen) atoms. The molecular formula is C18H21N3. The van der Waals surface area contributed by atoms with Gasteiger partial charge in [-0.3, -0.25) is 4.90 Å². The zero-order chi connectivity index (χ0) is 14.7. The average molecular weight is 279 g/mol. The van der Waals surface area contributed by atoms with Gasteiger partial charge in [-0.2, -0.15) is 5.26 Å². The topological polar surface area (TPSA) is 39.1 Å². The molecule has 108 valence electrons. The first kappa shape index (κ1) is 13.9. The van der Waals surface area contributed by atoms with Crippen LogP contribution in [0.15, 0.2) is 36.4 Å². The molecule has 0 spiro atoms. The fraction of sp³-hybridized carbons (Fsp3) is 0.389.